The largest absolute Gasteiger partial charge is 0.497 e. The molecule has 0 fully saturated rings. The Bertz CT molecular complexity index is 779. The van der Waals surface area contributed by atoms with Crippen LogP contribution in [-0.2, 0) is 9.59 Å². The molecule has 0 saturated heterocycles. The maximum Gasteiger partial charge on any atom is 0.319 e. The standard InChI is InChI=1S/C21H34N4O6S/c1-5-15(24-20(28)19(27)14(22)9-10-32-6-2)17(26)12-25(21(23)29)16-8-7-13(30-3)11-18(16)31-4/h7-8,11,14-15,19,27H,5-6,9-10,12,22H2,1-4H3,(H2,23,29)(H,24,28). The van der Waals surface area contributed by atoms with Gasteiger partial charge in [0.05, 0.1) is 32.5 Å². The molecule has 0 radical (unpaired) electrons. The van der Waals surface area contributed by atoms with Gasteiger partial charge in [-0.05, 0) is 36.5 Å². The summed E-state index contributed by atoms with van der Waals surface area (Å²) in [5.74, 6) is 1.24. The summed E-state index contributed by atoms with van der Waals surface area (Å²) in [5, 5.41) is 12.7. The van der Waals surface area contributed by atoms with Crippen molar-refractivity contribution < 1.29 is 29.0 Å². The van der Waals surface area contributed by atoms with E-state index >= 15 is 0 Å². The predicted octanol–water partition coefficient (Wildman–Crippen LogP) is 0.884. The first-order valence-electron chi connectivity index (χ1n) is 10.3. The van der Waals surface area contributed by atoms with Gasteiger partial charge >= 0.3 is 6.03 Å². The number of urea groups is 1. The highest BCUT2D eigenvalue weighted by Gasteiger charge is 2.29. The molecule has 0 aliphatic rings. The van der Waals surface area contributed by atoms with Crippen molar-refractivity contribution in [3.63, 3.8) is 0 Å². The summed E-state index contributed by atoms with van der Waals surface area (Å²) < 4.78 is 10.4. The van der Waals surface area contributed by atoms with Crippen LogP contribution in [0.25, 0.3) is 0 Å². The number of benzene rings is 1. The number of nitrogens with two attached hydrogens (primary N) is 2. The van der Waals surface area contributed by atoms with Crippen molar-refractivity contribution in [2.75, 3.05) is 37.2 Å². The Balaban J connectivity index is 2.91. The number of thioether (sulfide) groups is 1. The summed E-state index contributed by atoms with van der Waals surface area (Å²) >= 11 is 1.66. The lowest BCUT2D eigenvalue weighted by atomic mass is 10.1. The highest BCUT2D eigenvalue weighted by Crippen LogP contribution is 2.32. The summed E-state index contributed by atoms with van der Waals surface area (Å²) in [7, 11) is 2.90. The smallest absolute Gasteiger partial charge is 0.319 e. The second-order valence-electron chi connectivity index (χ2n) is 6.99. The number of anilines is 1. The predicted molar refractivity (Wildman–Crippen MR) is 125 cm³/mol. The highest BCUT2D eigenvalue weighted by molar-refractivity contribution is 7.99. The SMILES string of the molecule is CCSCCC(N)C(O)C(=O)NC(CC)C(=O)CN(C(N)=O)c1ccc(OC)cc1OC. The Morgan fingerprint density at radius 1 is 1.22 bits per heavy atom. The number of aliphatic hydroxyl groups is 1. The van der Waals surface area contributed by atoms with Gasteiger partial charge in [0, 0.05) is 12.1 Å². The van der Waals surface area contributed by atoms with Crippen molar-refractivity contribution in [1.82, 2.24) is 5.32 Å². The van der Waals surface area contributed by atoms with Gasteiger partial charge in [-0.1, -0.05) is 13.8 Å². The van der Waals surface area contributed by atoms with Crippen LogP contribution in [0.3, 0.4) is 0 Å². The number of ether oxygens (including phenoxy) is 2. The average molecular weight is 471 g/mol. The van der Waals surface area contributed by atoms with Crippen molar-refractivity contribution >= 4 is 35.2 Å². The van der Waals surface area contributed by atoms with Crippen molar-refractivity contribution in [3.05, 3.63) is 18.2 Å². The fraction of sp³-hybridized carbons (Fsp3) is 0.571. The zero-order valence-electron chi connectivity index (χ0n) is 19.0. The first-order valence-corrected chi connectivity index (χ1v) is 11.5. The van der Waals surface area contributed by atoms with Gasteiger partial charge in [-0.25, -0.2) is 4.79 Å². The van der Waals surface area contributed by atoms with E-state index in [9.17, 15) is 19.5 Å². The number of hydrogen-bond acceptors (Lipinski definition) is 8. The molecule has 0 aliphatic heterocycles. The second kappa shape index (κ2) is 13.8. The molecule has 0 spiro atoms. The third kappa shape index (κ3) is 7.88. The summed E-state index contributed by atoms with van der Waals surface area (Å²) in [6, 6.07) is 2.17. The van der Waals surface area contributed by atoms with Crippen LogP contribution in [0.15, 0.2) is 18.2 Å². The fourth-order valence-electron chi connectivity index (χ4n) is 2.94. The summed E-state index contributed by atoms with van der Waals surface area (Å²) in [4.78, 5) is 38.4. The zero-order valence-corrected chi connectivity index (χ0v) is 19.8. The molecule has 3 amide bonds. The molecule has 3 atom stereocenters. The number of primary amides is 1. The molecular formula is C21H34N4O6S. The van der Waals surface area contributed by atoms with Crippen LogP contribution in [0.1, 0.15) is 26.7 Å². The number of methoxy groups -OCH3 is 2. The Hall–Kier alpha value is -2.50. The lowest BCUT2D eigenvalue weighted by Crippen LogP contribution is -2.53. The number of Topliss-reactive ketones (excluding diaryl/α,β-unsaturated/α-hetero) is 1. The third-order valence-corrected chi connectivity index (χ3v) is 5.78. The van der Waals surface area contributed by atoms with E-state index < -0.39 is 42.5 Å². The number of hydrogen-bond donors (Lipinski definition) is 4. The molecule has 0 saturated carbocycles. The van der Waals surface area contributed by atoms with Crippen LogP contribution >= 0.6 is 11.8 Å². The molecule has 0 bridgehead atoms. The van der Waals surface area contributed by atoms with Crippen molar-refractivity contribution in [1.29, 1.82) is 0 Å². The van der Waals surface area contributed by atoms with E-state index in [0.29, 0.717) is 17.9 Å². The minimum Gasteiger partial charge on any atom is -0.497 e. The lowest BCUT2D eigenvalue weighted by molar-refractivity contribution is -0.134. The summed E-state index contributed by atoms with van der Waals surface area (Å²) in [5.41, 5.74) is 11.7. The molecule has 32 heavy (non-hydrogen) atoms. The van der Waals surface area contributed by atoms with Crippen LogP contribution in [0.5, 0.6) is 11.5 Å². The van der Waals surface area contributed by atoms with E-state index in [1.54, 1.807) is 36.9 Å². The molecule has 11 heteroatoms. The van der Waals surface area contributed by atoms with Gasteiger partial charge < -0.3 is 31.4 Å². The Morgan fingerprint density at radius 2 is 1.91 bits per heavy atom. The number of nitrogens with zero attached hydrogens (tertiary/aromatic N) is 1. The Kier molecular flexibility index (Phi) is 11.9. The molecule has 1 rings (SSSR count). The number of rotatable bonds is 14. The van der Waals surface area contributed by atoms with Gasteiger partial charge in [-0.2, -0.15) is 11.8 Å². The summed E-state index contributed by atoms with van der Waals surface area (Å²) in [6.07, 6.45) is -0.724. The van der Waals surface area contributed by atoms with Crippen molar-refractivity contribution in [2.24, 2.45) is 11.5 Å². The molecule has 180 valence electrons. The maximum absolute atomic E-state index is 12.9. The van der Waals surface area contributed by atoms with Crippen LogP contribution in [0.4, 0.5) is 10.5 Å². The minimum absolute atomic E-state index is 0.255. The molecule has 10 nitrogen and oxygen atoms in total. The van der Waals surface area contributed by atoms with Crippen molar-refractivity contribution in [3.8, 4) is 11.5 Å². The average Bonchev–Trinajstić information content (AvgIpc) is 2.79. The van der Waals surface area contributed by atoms with E-state index in [4.69, 9.17) is 20.9 Å². The van der Waals surface area contributed by atoms with Gasteiger partial charge in [-0.3, -0.25) is 14.5 Å². The first-order chi connectivity index (χ1) is 15.2. The monoisotopic (exact) mass is 470 g/mol. The van der Waals surface area contributed by atoms with Gasteiger partial charge in [-0.15, -0.1) is 0 Å². The van der Waals surface area contributed by atoms with Gasteiger partial charge in [0.1, 0.15) is 17.6 Å². The van der Waals surface area contributed by atoms with Gasteiger partial charge in [0.2, 0.25) is 0 Å². The molecular weight excluding hydrogens is 436 g/mol. The number of nitrogens with one attached hydrogen (secondary N) is 1. The van der Waals surface area contributed by atoms with E-state index in [1.807, 2.05) is 6.92 Å². The van der Waals surface area contributed by atoms with Gasteiger partial charge in [0.25, 0.3) is 5.91 Å². The number of carbonyl (C=O) groups is 3. The van der Waals surface area contributed by atoms with Crippen LogP contribution in [0.2, 0.25) is 0 Å². The molecule has 6 N–H and O–H groups in total. The number of amides is 3. The number of aliphatic hydroxyl groups excluding tert-OH is 1. The van der Waals surface area contributed by atoms with Crippen LogP contribution in [-0.4, -0.2) is 73.3 Å². The fourth-order valence-corrected chi connectivity index (χ4v) is 3.67. The Labute approximate surface area is 193 Å². The number of carbonyl (C=O) groups excluding carboxylic acids is 3. The topological polar surface area (TPSA) is 157 Å². The zero-order chi connectivity index (χ0) is 24.3. The summed E-state index contributed by atoms with van der Waals surface area (Å²) in [6.45, 7) is 3.31. The molecule has 1 aromatic rings. The highest BCUT2D eigenvalue weighted by atomic mass is 32.2. The quantitative estimate of drug-likeness (QED) is 0.292. The van der Waals surface area contributed by atoms with Crippen LogP contribution in [0, 0.1) is 0 Å². The minimum atomic E-state index is -1.44. The molecule has 0 heterocycles. The molecule has 3 unspecified atom stereocenters. The lowest BCUT2D eigenvalue weighted by Gasteiger charge is -2.26. The molecule has 0 aliphatic carbocycles. The maximum atomic E-state index is 12.9. The molecule has 0 aromatic heterocycles. The second-order valence-corrected chi connectivity index (χ2v) is 8.39. The first kappa shape index (κ1) is 27.5. The number of ketones is 1. The normalized spacial score (nSPS) is 13.6. The van der Waals surface area contributed by atoms with E-state index in [-0.39, 0.29) is 12.1 Å². The van der Waals surface area contributed by atoms with Crippen molar-refractivity contribution in [2.45, 2.75) is 44.9 Å². The molecule has 1 aromatic carbocycles. The van der Waals surface area contributed by atoms with E-state index in [0.717, 1.165) is 16.4 Å². The Morgan fingerprint density at radius 3 is 2.44 bits per heavy atom. The van der Waals surface area contributed by atoms with E-state index in [2.05, 4.69) is 5.32 Å². The van der Waals surface area contributed by atoms with E-state index in [1.165, 1.54) is 14.2 Å². The third-order valence-electron chi connectivity index (χ3n) is 4.84. The van der Waals surface area contributed by atoms with Gasteiger partial charge in [0.15, 0.2) is 5.78 Å². The van der Waals surface area contributed by atoms with Crippen LogP contribution < -0.4 is 31.2 Å².